The normalized spacial score (nSPS) is 26.0. The predicted octanol–water partition coefficient (Wildman–Crippen LogP) is -1.55. The van der Waals surface area contributed by atoms with Crippen LogP contribution in [0.2, 0.25) is 0 Å². The maximum atomic E-state index is 11.8. The molecular formula is C13H20ClN3O7. The summed E-state index contributed by atoms with van der Waals surface area (Å²) >= 11 is 0. The molecule has 1 aliphatic rings. The van der Waals surface area contributed by atoms with Crippen molar-refractivity contribution in [1.29, 1.82) is 0 Å². The molecule has 2 heterocycles. The predicted molar refractivity (Wildman–Crippen MR) is 83.5 cm³/mol. The molecule has 24 heavy (non-hydrogen) atoms. The van der Waals surface area contributed by atoms with Crippen LogP contribution in [0.4, 0.5) is 5.82 Å². The number of anilines is 1. The number of nitrogens with two attached hydrogens (primary N) is 1. The summed E-state index contributed by atoms with van der Waals surface area (Å²) in [4.78, 5) is 26.7. The van der Waals surface area contributed by atoms with E-state index in [0.29, 0.717) is 6.61 Å². The molecule has 2 rings (SSSR count). The average molecular weight is 366 g/mol. The van der Waals surface area contributed by atoms with Crippen LogP contribution in [0.25, 0.3) is 0 Å². The summed E-state index contributed by atoms with van der Waals surface area (Å²) in [5.74, 6) is -0.590. The molecule has 0 amide bonds. The van der Waals surface area contributed by atoms with Crippen LogP contribution in [-0.4, -0.2) is 63.9 Å². The van der Waals surface area contributed by atoms with Crippen LogP contribution >= 0.6 is 12.4 Å². The van der Waals surface area contributed by atoms with Crippen molar-refractivity contribution in [1.82, 2.24) is 9.55 Å². The van der Waals surface area contributed by atoms with Crippen molar-refractivity contribution in [2.45, 2.75) is 31.5 Å². The van der Waals surface area contributed by atoms with E-state index in [0.717, 1.165) is 4.57 Å². The first-order valence-corrected chi connectivity index (χ1v) is 7.03. The van der Waals surface area contributed by atoms with E-state index in [9.17, 15) is 19.8 Å². The lowest BCUT2D eigenvalue weighted by Crippen LogP contribution is -2.36. The minimum absolute atomic E-state index is 0. The number of nitrogens with zero attached hydrogens (tertiary/aromatic N) is 2. The van der Waals surface area contributed by atoms with Crippen molar-refractivity contribution in [3.05, 3.63) is 22.7 Å². The van der Waals surface area contributed by atoms with E-state index in [1.165, 1.54) is 12.3 Å². The molecule has 0 bridgehead atoms. The fraction of sp³-hybridized carbons (Fsp3) is 0.615. The molecule has 0 radical (unpaired) electrons. The average Bonchev–Trinajstić information content (AvgIpc) is 2.79. The van der Waals surface area contributed by atoms with Crippen molar-refractivity contribution >= 4 is 24.2 Å². The van der Waals surface area contributed by atoms with Gasteiger partial charge in [0, 0.05) is 12.8 Å². The summed E-state index contributed by atoms with van der Waals surface area (Å²) < 4.78 is 16.2. The number of nitrogen functional groups attached to an aromatic ring is 1. The molecule has 0 unspecified atom stereocenters. The summed E-state index contributed by atoms with van der Waals surface area (Å²) in [6.07, 6.45) is -3.54. The second-order valence-corrected chi connectivity index (χ2v) is 4.91. The molecule has 1 fully saturated rings. The number of carbonyl (C=O) groups excluding carboxylic acids is 1. The Balaban J connectivity index is 0.00000288. The fourth-order valence-electron chi connectivity index (χ4n) is 2.12. The van der Waals surface area contributed by atoms with Gasteiger partial charge in [0.05, 0.1) is 0 Å². The molecule has 136 valence electrons. The second-order valence-electron chi connectivity index (χ2n) is 4.91. The number of ether oxygens (including phenoxy) is 3. The third-order valence-electron chi connectivity index (χ3n) is 3.30. The Morgan fingerprint density at radius 3 is 2.79 bits per heavy atom. The number of esters is 1. The van der Waals surface area contributed by atoms with Gasteiger partial charge in [0.2, 0.25) is 0 Å². The van der Waals surface area contributed by atoms with E-state index in [4.69, 9.17) is 19.9 Å². The van der Waals surface area contributed by atoms with Gasteiger partial charge < -0.3 is 30.2 Å². The van der Waals surface area contributed by atoms with Crippen molar-refractivity contribution in [3.8, 4) is 0 Å². The number of halogens is 1. The zero-order valence-corrected chi connectivity index (χ0v) is 13.7. The molecule has 1 aromatic heterocycles. The lowest BCUT2D eigenvalue weighted by atomic mass is 10.1. The number of carbonyl (C=O) groups is 1. The first-order valence-electron chi connectivity index (χ1n) is 7.03. The number of aliphatic hydroxyl groups is 2. The highest BCUT2D eigenvalue weighted by Crippen LogP contribution is 2.28. The summed E-state index contributed by atoms with van der Waals surface area (Å²) in [7, 11) is 0. The molecule has 10 nitrogen and oxygen atoms in total. The van der Waals surface area contributed by atoms with E-state index < -0.39 is 36.2 Å². The molecular weight excluding hydrogens is 346 g/mol. The van der Waals surface area contributed by atoms with Gasteiger partial charge in [0.15, 0.2) is 6.23 Å². The largest absolute Gasteiger partial charge is 0.461 e. The van der Waals surface area contributed by atoms with Gasteiger partial charge in [-0.15, -0.1) is 12.4 Å². The zero-order chi connectivity index (χ0) is 17.0. The minimum atomic E-state index is -1.38. The second kappa shape index (κ2) is 8.94. The van der Waals surface area contributed by atoms with Gasteiger partial charge in [-0.05, 0) is 13.0 Å². The highest BCUT2D eigenvalue weighted by Gasteiger charge is 2.44. The summed E-state index contributed by atoms with van der Waals surface area (Å²) in [5, 5.41) is 20.0. The van der Waals surface area contributed by atoms with E-state index in [2.05, 4.69) is 4.98 Å². The quantitative estimate of drug-likeness (QED) is 0.509. The minimum Gasteiger partial charge on any atom is -0.461 e. The van der Waals surface area contributed by atoms with Crippen LogP contribution in [0.3, 0.4) is 0 Å². The molecule has 0 aromatic carbocycles. The van der Waals surface area contributed by atoms with Gasteiger partial charge in [0.1, 0.15) is 37.3 Å². The molecule has 4 N–H and O–H groups in total. The van der Waals surface area contributed by atoms with E-state index in [1.54, 1.807) is 6.92 Å². The van der Waals surface area contributed by atoms with Gasteiger partial charge in [-0.25, -0.2) is 9.59 Å². The van der Waals surface area contributed by atoms with E-state index in [1.807, 2.05) is 0 Å². The number of hydrogen-bond acceptors (Lipinski definition) is 9. The number of hydrogen-bond donors (Lipinski definition) is 3. The van der Waals surface area contributed by atoms with Gasteiger partial charge in [-0.1, -0.05) is 0 Å². The van der Waals surface area contributed by atoms with Crippen molar-refractivity contribution in [3.63, 3.8) is 0 Å². The van der Waals surface area contributed by atoms with Gasteiger partial charge in [-0.3, -0.25) is 4.57 Å². The monoisotopic (exact) mass is 365 g/mol. The van der Waals surface area contributed by atoms with Crippen molar-refractivity contribution in [2.24, 2.45) is 0 Å². The Labute approximate surface area is 143 Å². The standard InChI is InChI=1S/C13H19N3O7.ClH/c1-2-21-6-9(17)22-5-7-10(18)11(19)12(23-7)16-4-3-8(14)15-13(16)20;/h3-4,7,10-12,18-19H,2,5-6H2,1H3,(H2,14,15,20);1H/t7-,10-,11+,12-;/m1./s1. The van der Waals surface area contributed by atoms with Crippen LogP contribution in [0, 0.1) is 0 Å². The third-order valence-corrected chi connectivity index (χ3v) is 3.30. The van der Waals surface area contributed by atoms with Crippen molar-refractivity contribution in [2.75, 3.05) is 25.6 Å². The van der Waals surface area contributed by atoms with E-state index >= 15 is 0 Å². The highest BCUT2D eigenvalue weighted by atomic mass is 35.5. The smallest absolute Gasteiger partial charge is 0.351 e. The van der Waals surface area contributed by atoms with Crippen LogP contribution in [0.5, 0.6) is 0 Å². The molecule has 0 aliphatic carbocycles. The molecule has 0 spiro atoms. The lowest BCUT2D eigenvalue weighted by molar-refractivity contribution is -0.155. The molecule has 11 heteroatoms. The van der Waals surface area contributed by atoms with Crippen LogP contribution in [-0.2, 0) is 19.0 Å². The van der Waals surface area contributed by atoms with Crippen LogP contribution < -0.4 is 11.4 Å². The first-order chi connectivity index (χ1) is 10.9. The molecule has 0 saturated carbocycles. The van der Waals surface area contributed by atoms with Crippen molar-refractivity contribution < 1.29 is 29.2 Å². The Kier molecular flexibility index (Phi) is 7.58. The topological polar surface area (TPSA) is 146 Å². The Bertz CT molecular complexity index is 611. The Hall–Kier alpha value is -1.72. The fourth-order valence-corrected chi connectivity index (χ4v) is 2.12. The van der Waals surface area contributed by atoms with Gasteiger partial charge >= 0.3 is 11.7 Å². The highest BCUT2D eigenvalue weighted by molar-refractivity contribution is 5.85. The maximum absolute atomic E-state index is 11.8. The Morgan fingerprint density at radius 2 is 2.17 bits per heavy atom. The van der Waals surface area contributed by atoms with Crippen LogP contribution in [0.1, 0.15) is 13.2 Å². The number of aliphatic hydroxyl groups excluding tert-OH is 2. The van der Waals surface area contributed by atoms with E-state index in [-0.39, 0.29) is 31.4 Å². The Morgan fingerprint density at radius 1 is 1.46 bits per heavy atom. The molecule has 1 aromatic rings. The summed E-state index contributed by atoms with van der Waals surface area (Å²) in [6.45, 7) is 1.60. The first kappa shape index (κ1) is 20.3. The number of rotatable bonds is 6. The van der Waals surface area contributed by atoms with Gasteiger partial charge in [0.25, 0.3) is 0 Å². The maximum Gasteiger partial charge on any atom is 0.351 e. The molecule has 4 atom stereocenters. The summed E-state index contributed by atoms with van der Waals surface area (Å²) in [5.41, 5.74) is 4.66. The SMILES string of the molecule is CCOCC(=O)OC[C@H]1O[C@@H](n2ccc(N)nc2=O)[C@@H](O)[C@@H]1O.Cl. The number of aromatic nitrogens is 2. The summed E-state index contributed by atoms with van der Waals surface area (Å²) in [6, 6.07) is 1.36. The van der Waals surface area contributed by atoms with Gasteiger partial charge in [-0.2, -0.15) is 4.98 Å². The molecule has 1 saturated heterocycles. The molecule has 1 aliphatic heterocycles. The third kappa shape index (κ3) is 4.65. The lowest BCUT2D eigenvalue weighted by Gasteiger charge is -2.16. The van der Waals surface area contributed by atoms with Crippen LogP contribution in [0.15, 0.2) is 17.1 Å². The zero-order valence-electron chi connectivity index (χ0n) is 12.9.